The highest BCUT2D eigenvalue weighted by atomic mass is 16.6. The third-order valence-corrected chi connectivity index (χ3v) is 2.96. The Kier molecular flexibility index (Phi) is 4.31. The van der Waals surface area contributed by atoms with Crippen molar-refractivity contribution in [3.8, 4) is 0 Å². The number of carbonyl (C=O) groups excluding carboxylic acids is 2. The van der Waals surface area contributed by atoms with Crippen LogP contribution in [0.4, 0.5) is 10.5 Å². The Morgan fingerprint density at radius 1 is 1.09 bits per heavy atom. The van der Waals surface area contributed by atoms with Crippen LogP contribution in [0.15, 0.2) is 49.1 Å². The van der Waals surface area contributed by atoms with E-state index < -0.39 is 11.7 Å². The van der Waals surface area contributed by atoms with Gasteiger partial charge in [0.2, 0.25) is 0 Å². The molecule has 4 heteroatoms. The van der Waals surface area contributed by atoms with Crippen molar-refractivity contribution >= 4 is 28.3 Å². The fourth-order valence-corrected chi connectivity index (χ4v) is 2.02. The molecule has 0 unspecified atom stereocenters. The molecule has 1 amide bonds. The first kappa shape index (κ1) is 15.8. The van der Waals surface area contributed by atoms with Crippen LogP contribution in [0, 0.1) is 0 Å². The largest absolute Gasteiger partial charge is 0.444 e. The monoisotopic (exact) mass is 297 g/mol. The van der Waals surface area contributed by atoms with E-state index in [-0.39, 0.29) is 5.78 Å². The number of hydrogen-bond donors (Lipinski definition) is 1. The van der Waals surface area contributed by atoms with E-state index in [1.807, 2.05) is 12.1 Å². The van der Waals surface area contributed by atoms with E-state index in [2.05, 4.69) is 11.9 Å². The number of allylic oxidation sites excluding steroid dienone is 1. The second-order valence-corrected chi connectivity index (χ2v) is 5.97. The van der Waals surface area contributed by atoms with E-state index in [1.165, 1.54) is 6.08 Å². The average Bonchev–Trinajstić information content (AvgIpc) is 2.43. The molecule has 2 aromatic carbocycles. The van der Waals surface area contributed by atoms with E-state index >= 15 is 0 Å². The number of benzene rings is 2. The van der Waals surface area contributed by atoms with Gasteiger partial charge < -0.3 is 4.74 Å². The first-order valence-corrected chi connectivity index (χ1v) is 6.99. The molecule has 22 heavy (non-hydrogen) atoms. The predicted octanol–water partition coefficient (Wildman–Crippen LogP) is 4.56. The summed E-state index contributed by atoms with van der Waals surface area (Å²) in [6, 6.07) is 10.9. The SMILES string of the molecule is C=CC(=O)c1ccc2ccc(NC(=O)OC(C)(C)C)cc2c1. The zero-order valence-corrected chi connectivity index (χ0v) is 13.0. The van der Waals surface area contributed by atoms with Gasteiger partial charge in [-0.3, -0.25) is 10.1 Å². The molecule has 0 saturated heterocycles. The second-order valence-electron chi connectivity index (χ2n) is 5.97. The maximum absolute atomic E-state index is 11.8. The predicted molar refractivity (Wildman–Crippen MR) is 88.3 cm³/mol. The normalized spacial score (nSPS) is 11.0. The summed E-state index contributed by atoms with van der Waals surface area (Å²) in [5, 5.41) is 4.53. The smallest absolute Gasteiger partial charge is 0.412 e. The van der Waals surface area contributed by atoms with Crippen LogP contribution < -0.4 is 5.32 Å². The standard InChI is InChI=1S/C18H19NO3/c1-5-16(20)13-7-6-12-8-9-15(11-14(12)10-13)19-17(21)22-18(2,3)4/h5-11H,1H2,2-4H3,(H,19,21). The van der Waals surface area contributed by atoms with Gasteiger partial charge in [0.15, 0.2) is 5.78 Å². The van der Waals surface area contributed by atoms with E-state index in [0.717, 1.165) is 10.8 Å². The summed E-state index contributed by atoms with van der Waals surface area (Å²) < 4.78 is 5.22. The lowest BCUT2D eigenvalue weighted by Gasteiger charge is -2.19. The molecule has 0 fully saturated rings. The van der Waals surface area contributed by atoms with Crippen LogP contribution >= 0.6 is 0 Å². The summed E-state index contributed by atoms with van der Waals surface area (Å²) in [5.41, 5.74) is 0.631. The van der Waals surface area contributed by atoms with Gasteiger partial charge in [0.25, 0.3) is 0 Å². The Morgan fingerprint density at radius 2 is 1.77 bits per heavy atom. The fraction of sp³-hybridized carbons (Fsp3) is 0.222. The van der Waals surface area contributed by atoms with Gasteiger partial charge in [0.05, 0.1) is 0 Å². The Balaban J connectivity index is 2.27. The Bertz CT molecular complexity index is 742. The lowest BCUT2D eigenvalue weighted by Crippen LogP contribution is -2.27. The molecule has 0 saturated carbocycles. The van der Waals surface area contributed by atoms with Crippen LogP contribution in [0.5, 0.6) is 0 Å². The van der Waals surface area contributed by atoms with Crippen LogP contribution in [0.1, 0.15) is 31.1 Å². The molecule has 0 spiro atoms. The number of ketones is 1. The Labute approximate surface area is 129 Å². The minimum atomic E-state index is -0.551. The fourth-order valence-electron chi connectivity index (χ4n) is 2.02. The summed E-state index contributed by atoms with van der Waals surface area (Å²) in [6.07, 6.45) is 0.773. The van der Waals surface area contributed by atoms with Crippen molar-refractivity contribution in [2.24, 2.45) is 0 Å². The summed E-state index contributed by atoms with van der Waals surface area (Å²) in [4.78, 5) is 23.5. The van der Waals surface area contributed by atoms with Gasteiger partial charge in [-0.2, -0.15) is 0 Å². The molecule has 114 valence electrons. The highest BCUT2D eigenvalue weighted by Crippen LogP contribution is 2.21. The number of amides is 1. The minimum absolute atomic E-state index is 0.132. The quantitative estimate of drug-likeness (QED) is 0.667. The summed E-state index contributed by atoms with van der Waals surface area (Å²) in [7, 11) is 0. The van der Waals surface area contributed by atoms with Crippen LogP contribution in [0.3, 0.4) is 0 Å². The molecule has 1 N–H and O–H groups in total. The summed E-state index contributed by atoms with van der Waals surface area (Å²) in [5.74, 6) is -0.132. The number of anilines is 1. The molecular formula is C18H19NO3. The van der Waals surface area contributed by atoms with Gasteiger partial charge in [-0.25, -0.2) is 4.79 Å². The molecule has 0 aliphatic rings. The summed E-state index contributed by atoms with van der Waals surface area (Å²) in [6.45, 7) is 8.90. The van der Waals surface area contributed by atoms with Gasteiger partial charge in [-0.05, 0) is 55.8 Å². The average molecular weight is 297 g/mol. The lowest BCUT2D eigenvalue weighted by atomic mass is 10.0. The molecule has 0 atom stereocenters. The van der Waals surface area contributed by atoms with E-state index in [4.69, 9.17) is 4.74 Å². The molecule has 0 aromatic heterocycles. The van der Waals surface area contributed by atoms with Gasteiger partial charge in [0, 0.05) is 11.3 Å². The van der Waals surface area contributed by atoms with Crippen molar-refractivity contribution < 1.29 is 14.3 Å². The lowest BCUT2D eigenvalue weighted by molar-refractivity contribution is 0.0636. The van der Waals surface area contributed by atoms with Crippen LogP contribution in [-0.2, 0) is 4.74 Å². The maximum Gasteiger partial charge on any atom is 0.412 e. The van der Waals surface area contributed by atoms with Gasteiger partial charge >= 0.3 is 6.09 Å². The Hall–Kier alpha value is -2.62. The number of rotatable bonds is 3. The second kappa shape index (κ2) is 6.02. The molecule has 0 aliphatic heterocycles. The maximum atomic E-state index is 11.8. The van der Waals surface area contributed by atoms with Crippen molar-refractivity contribution in [3.63, 3.8) is 0 Å². The topological polar surface area (TPSA) is 55.4 Å². The third kappa shape index (κ3) is 3.95. The number of carbonyl (C=O) groups is 2. The molecule has 0 heterocycles. The zero-order chi connectivity index (χ0) is 16.3. The van der Waals surface area contributed by atoms with Crippen molar-refractivity contribution in [1.29, 1.82) is 0 Å². The van der Waals surface area contributed by atoms with Crippen LogP contribution in [0.25, 0.3) is 10.8 Å². The highest BCUT2D eigenvalue weighted by Gasteiger charge is 2.16. The van der Waals surface area contributed by atoms with Gasteiger partial charge in [-0.1, -0.05) is 24.8 Å². The van der Waals surface area contributed by atoms with Crippen molar-refractivity contribution in [1.82, 2.24) is 0 Å². The van der Waals surface area contributed by atoms with Crippen molar-refractivity contribution in [2.45, 2.75) is 26.4 Å². The van der Waals surface area contributed by atoms with E-state index in [9.17, 15) is 9.59 Å². The number of nitrogens with one attached hydrogen (secondary N) is 1. The Morgan fingerprint density at radius 3 is 2.41 bits per heavy atom. The van der Waals surface area contributed by atoms with Crippen molar-refractivity contribution in [3.05, 3.63) is 54.6 Å². The number of ether oxygens (including phenoxy) is 1. The highest BCUT2D eigenvalue weighted by molar-refractivity contribution is 6.06. The molecule has 0 radical (unpaired) electrons. The first-order valence-electron chi connectivity index (χ1n) is 6.99. The number of hydrogen-bond acceptors (Lipinski definition) is 3. The molecular weight excluding hydrogens is 278 g/mol. The first-order chi connectivity index (χ1) is 10.3. The van der Waals surface area contributed by atoms with Crippen molar-refractivity contribution in [2.75, 3.05) is 5.32 Å². The van der Waals surface area contributed by atoms with E-state index in [1.54, 1.807) is 45.0 Å². The molecule has 0 bridgehead atoms. The third-order valence-electron chi connectivity index (χ3n) is 2.96. The molecule has 2 aromatic rings. The molecule has 0 aliphatic carbocycles. The van der Waals surface area contributed by atoms with E-state index in [0.29, 0.717) is 11.3 Å². The minimum Gasteiger partial charge on any atom is -0.444 e. The van der Waals surface area contributed by atoms with Crippen LogP contribution in [0.2, 0.25) is 0 Å². The molecule has 4 nitrogen and oxygen atoms in total. The number of fused-ring (bicyclic) bond motifs is 1. The van der Waals surface area contributed by atoms with Gasteiger partial charge in [0.1, 0.15) is 5.60 Å². The summed E-state index contributed by atoms with van der Waals surface area (Å²) >= 11 is 0. The molecule has 2 rings (SSSR count). The van der Waals surface area contributed by atoms with Crippen LogP contribution in [-0.4, -0.2) is 17.5 Å². The van der Waals surface area contributed by atoms with Gasteiger partial charge in [-0.15, -0.1) is 0 Å². The zero-order valence-electron chi connectivity index (χ0n) is 13.0.